The number of hydrogen-bond acceptors (Lipinski definition) is 3. The summed E-state index contributed by atoms with van der Waals surface area (Å²) in [5.41, 5.74) is 0. The van der Waals surface area contributed by atoms with E-state index in [0.717, 1.165) is 11.3 Å². The maximum absolute atomic E-state index is 12.2. The highest BCUT2D eigenvalue weighted by Crippen LogP contribution is 2.08. The number of nitrogens with zero attached hydrogens (tertiary/aromatic N) is 2. The molecule has 100 valence electrons. The highest BCUT2D eigenvalue weighted by molar-refractivity contribution is 5.80. The molecule has 1 heterocycles. The molecule has 1 aliphatic heterocycles. The molecule has 1 unspecified atom stereocenters. The Morgan fingerprint density at radius 3 is 2.94 bits per heavy atom. The zero-order valence-electron chi connectivity index (χ0n) is 10.5. The Bertz CT molecular complexity index is 350. The van der Waals surface area contributed by atoms with E-state index in [0.29, 0.717) is 19.7 Å². The topological polar surface area (TPSA) is 70.1 Å². The average Bonchev–Trinajstić information content (AvgIpc) is 2.52. The van der Waals surface area contributed by atoms with Crippen LogP contribution in [-0.4, -0.2) is 65.8 Å². The highest BCUT2D eigenvalue weighted by Gasteiger charge is 2.25. The van der Waals surface area contributed by atoms with Crippen molar-refractivity contribution in [1.29, 1.82) is 0 Å². The van der Waals surface area contributed by atoms with Crippen molar-refractivity contribution in [1.82, 2.24) is 9.80 Å². The van der Waals surface area contributed by atoms with Gasteiger partial charge >= 0.3 is 12.0 Å². The minimum atomic E-state index is -1.07. The first-order valence-corrected chi connectivity index (χ1v) is 5.85. The van der Waals surface area contributed by atoms with Crippen molar-refractivity contribution in [2.75, 3.05) is 32.8 Å². The van der Waals surface area contributed by atoms with Crippen LogP contribution in [0.3, 0.4) is 0 Å². The van der Waals surface area contributed by atoms with Crippen LogP contribution in [0.4, 0.5) is 4.79 Å². The van der Waals surface area contributed by atoms with Crippen molar-refractivity contribution in [3.05, 3.63) is 0 Å². The summed E-state index contributed by atoms with van der Waals surface area (Å²) in [6.07, 6.45) is 5.85. The Morgan fingerprint density at radius 1 is 1.61 bits per heavy atom. The van der Waals surface area contributed by atoms with E-state index in [-0.39, 0.29) is 25.2 Å². The molecule has 1 N–H and O–H groups in total. The molecule has 0 spiro atoms. The Labute approximate surface area is 106 Å². The Balaban J connectivity index is 2.68. The first-order chi connectivity index (χ1) is 8.54. The van der Waals surface area contributed by atoms with Gasteiger partial charge in [-0.2, -0.15) is 0 Å². The number of aliphatic carboxylic acids is 1. The summed E-state index contributed by atoms with van der Waals surface area (Å²) in [6.45, 7) is 3.13. The number of ether oxygens (including phenoxy) is 1. The van der Waals surface area contributed by atoms with Crippen LogP contribution in [-0.2, 0) is 9.53 Å². The molecule has 1 atom stereocenters. The van der Waals surface area contributed by atoms with E-state index in [1.54, 1.807) is 4.90 Å². The molecule has 0 aliphatic carbocycles. The number of terminal acetylenes is 1. The molecular formula is C12H18N2O4. The lowest BCUT2D eigenvalue weighted by atomic mass is 10.3. The van der Waals surface area contributed by atoms with Crippen molar-refractivity contribution in [2.45, 2.75) is 19.4 Å². The molecule has 6 heteroatoms. The number of rotatable bonds is 3. The molecule has 1 saturated heterocycles. The number of amides is 2. The van der Waals surface area contributed by atoms with E-state index in [4.69, 9.17) is 16.3 Å². The van der Waals surface area contributed by atoms with E-state index in [9.17, 15) is 9.59 Å². The summed E-state index contributed by atoms with van der Waals surface area (Å²) >= 11 is 0. The van der Waals surface area contributed by atoms with Crippen LogP contribution in [0, 0.1) is 12.3 Å². The number of hydrogen-bond donors (Lipinski definition) is 1. The third kappa shape index (κ3) is 4.26. The van der Waals surface area contributed by atoms with Gasteiger partial charge in [0.1, 0.15) is 6.54 Å². The van der Waals surface area contributed by atoms with Gasteiger partial charge in [-0.05, 0) is 13.3 Å². The molecule has 0 radical (unpaired) electrons. The second-order valence-electron chi connectivity index (χ2n) is 4.22. The van der Waals surface area contributed by atoms with Crippen molar-refractivity contribution in [3.8, 4) is 12.3 Å². The molecule has 1 aliphatic rings. The highest BCUT2D eigenvalue weighted by atomic mass is 16.5. The minimum absolute atomic E-state index is 0.00310. The van der Waals surface area contributed by atoms with Gasteiger partial charge in [0.15, 0.2) is 0 Å². The number of carboxylic acid groups (broad SMARTS) is 1. The maximum Gasteiger partial charge on any atom is 0.323 e. The smallest absolute Gasteiger partial charge is 0.323 e. The van der Waals surface area contributed by atoms with Crippen LogP contribution in [0.1, 0.15) is 13.3 Å². The first kappa shape index (κ1) is 14.3. The minimum Gasteiger partial charge on any atom is -0.480 e. The van der Waals surface area contributed by atoms with Crippen LogP contribution in [0.5, 0.6) is 0 Å². The molecule has 0 bridgehead atoms. The van der Waals surface area contributed by atoms with Crippen molar-refractivity contribution < 1.29 is 19.4 Å². The molecule has 1 rings (SSSR count). The predicted molar refractivity (Wildman–Crippen MR) is 65.0 cm³/mol. The molecule has 0 aromatic carbocycles. The SMILES string of the molecule is C#CCN(CC(=O)O)C(=O)N1CCCOC(C)C1. The quantitative estimate of drug-likeness (QED) is 0.732. The molecular weight excluding hydrogens is 236 g/mol. The van der Waals surface area contributed by atoms with Crippen molar-refractivity contribution in [2.24, 2.45) is 0 Å². The van der Waals surface area contributed by atoms with Crippen LogP contribution in [0.25, 0.3) is 0 Å². The lowest BCUT2D eigenvalue weighted by Gasteiger charge is -2.28. The lowest BCUT2D eigenvalue weighted by Crippen LogP contribution is -2.47. The third-order valence-electron chi connectivity index (χ3n) is 2.60. The summed E-state index contributed by atoms with van der Waals surface area (Å²) in [4.78, 5) is 25.6. The van der Waals surface area contributed by atoms with Gasteiger partial charge in [-0.25, -0.2) is 4.79 Å². The number of carbonyl (C=O) groups excluding carboxylic acids is 1. The first-order valence-electron chi connectivity index (χ1n) is 5.85. The lowest BCUT2D eigenvalue weighted by molar-refractivity contribution is -0.137. The van der Waals surface area contributed by atoms with Gasteiger partial charge in [0.05, 0.1) is 12.6 Å². The summed E-state index contributed by atoms with van der Waals surface area (Å²) < 4.78 is 5.43. The van der Waals surface area contributed by atoms with Gasteiger partial charge in [-0.15, -0.1) is 6.42 Å². The summed E-state index contributed by atoms with van der Waals surface area (Å²) in [7, 11) is 0. The molecule has 1 fully saturated rings. The Morgan fingerprint density at radius 2 is 2.33 bits per heavy atom. The fourth-order valence-electron chi connectivity index (χ4n) is 1.83. The summed E-state index contributed by atoms with van der Waals surface area (Å²) in [5, 5.41) is 8.76. The number of carboxylic acids is 1. The van der Waals surface area contributed by atoms with Gasteiger partial charge < -0.3 is 19.6 Å². The Kier molecular flexibility index (Phi) is 5.46. The fourth-order valence-corrected chi connectivity index (χ4v) is 1.83. The predicted octanol–water partition coefficient (Wildman–Crippen LogP) is 0.237. The molecule has 18 heavy (non-hydrogen) atoms. The summed E-state index contributed by atoms with van der Waals surface area (Å²) in [5.74, 6) is 1.23. The van der Waals surface area contributed by atoms with Crippen LogP contribution < -0.4 is 0 Å². The zero-order valence-corrected chi connectivity index (χ0v) is 10.5. The molecule has 2 amide bonds. The third-order valence-corrected chi connectivity index (χ3v) is 2.60. The van der Waals surface area contributed by atoms with Crippen LogP contribution in [0.2, 0.25) is 0 Å². The van der Waals surface area contributed by atoms with Gasteiger partial charge in [-0.3, -0.25) is 4.79 Å². The molecule has 0 aromatic heterocycles. The van der Waals surface area contributed by atoms with Crippen molar-refractivity contribution >= 4 is 12.0 Å². The Hall–Kier alpha value is -1.74. The molecule has 0 aromatic rings. The van der Waals surface area contributed by atoms with E-state index in [1.807, 2.05) is 6.92 Å². The number of carbonyl (C=O) groups is 2. The van der Waals surface area contributed by atoms with Gasteiger partial charge in [0.25, 0.3) is 0 Å². The largest absolute Gasteiger partial charge is 0.480 e. The second-order valence-corrected chi connectivity index (χ2v) is 4.22. The number of urea groups is 1. The van der Waals surface area contributed by atoms with Gasteiger partial charge in [0, 0.05) is 19.7 Å². The van der Waals surface area contributed by atoms with Gasteiger partial charge in [0.2, 0.25) is 0 Å². The van der Waals surface area contributed by atoms with Gasteiger partial charge in [-0.1, -0.05) is 5.92 Å². The molecule has 6 nitrogen and oxygen atoms in total. The normalized spacial score (nSPS) is 19.8. The molecule has 0 saturated carbocycles. The van der Waals surface area contributed by atoms with Crippen molar-refractivity contribution in [3.63, 3.8) is 0 Å². The average molecular weight is 254 g/mol. The fraction of sp³-hybridized carbons (Fsp3) is 0.667. The van der Waals surface area contributed by atoms with E-state index >= 15 is 0 Å². The zero-order chi connectivity index (χ0) is 13.5. The standard InChI is InChI=1S/C12H18N2O4/c1-3-5-13(9-11(15)16)12(17)14-6-4-7-18-10(2)8-14/h1,10H,4-9H2,2H3,(H,15,16). The van der Waals surface area contributed by atoms with Crippen LogP contribution in [0.15, 0.2) is 0 Å². The van der Waals surface area contributed by atoms with E-state index in [2.05, 4.69) is 5.92 Å². The van der Waals surface area contributed by atoms with E-state index < -0.39 is 5.97 Å². The summed E-state index contributed by atoms with van der Waals surface area (Å²) in [6, 6.07) is -0.340. The maximum atomic E-state index is 12.2. The van der Waals surface area contributed by atoms with Crippen LogP contribution >= 0.6 is 0 Å². The second kappa shape index (κ2) is 6.87. The van der Waals surface area contributed by atoms with E-state index in [1.165, 1.54) is 0 Å². The monoisotopic (exact) mass is 254 g/mol.